The molecule has 0 aliphatic heterocycles. The van der Waals surface area contributed by atoms with Gasteiger partial charge in [0, 0.05) is 29.2 Å². The zero-order chi connectivity index (χ0) is 15.8. The van der Waals surface area contributed by atoms with Crippen molar-refractivity contribution in [3.8, 4) is 5.75 Å². The lowest BCUT2D eigenvalue weighted by Crippen LogP contribution is -2.30. The Balaban J connectivity index is 2.14. The molecule has 0 bridgehead atoms. The van der Waals surface area contributed by atoms with Crippen molar-refractivity contribution in [2.45, 2.75) is 19.5 Å². The van der Waals surface area contributed by atoms with Gasteiger partial charge in [-0.25, -0.2) is 0 Å². The van der Waals surface area contributed by atoms with Crippen LogP contribution in [0.2, 0.25) is 0 Å². The number of carbonyl (C=O) groups is 1. The molecule has 3 nitrogen and oxygen atoms in total. The van der Waals surface area contributed by atoms with Crippen LogP contribution in [0.25, 0.3) is 0 Å². The quantitative estimate of drug-likeness (QED) is 0.729. The Hall–Kier alpha value is -1.46. The Bertz CT molecular complexity index is 584. The molecule has 0 unspecified atom stereocenters. The van der Waals surface area contributed by atoms with Crippen LogP contribution in [0.1, 0.15) is 16.9 Å². The normalized spacial score (nSPS) is 10.5. The van der Waals surface area contributed by atoms with Gasteiger partial charge in [0.15, 0.2) is 0 Å². The van der Waals surface area contributed by atoms with Crippen molar-refractivity contribution in [3.05, 3.63) is 52.2 Å². The minimum absolute atomic E-state index is 0.189. The lowest BCUT2D eigenvalue weighted by atomic mass is 10.1. The number of hydrogen-bond donors (Lipinski definition) is 0. The van der Waals surface area contributed by atoms with Gasteiger partial charge in [0.2, 0.25) is 5.91 Å². The number of ether oxygens (including phenoxy) is 1. The number of nitrogens with zero attached hydrogens (tertiary/aromatic N) is 1. The van der Waals surface area contributed by atoms with Crippen LogP contribution in [0.5, 0.6) is 5.75 Å². The molecule has 1 aromatic carbocycles. The van der Waals surface area contributed by atoms with Crippen LogP contribution in [0.15, 0.2) is 41.8 Å². The summed E-state index contributed by atoms with van der Waals surface area (Å²) >= 11 is 3.38. The maximum atomic E-state index is 12.5. The lowest BCUT2D eigenvalue weighted by molar-refractivity contribution is -0.131. The van der Waals surface area contributed by atoms with E-state index in [1.807, 2.05) is 46.9 Å². The molecular formula is C17H21NO2S2. The summed E-state index contributed by atoms with van der Waals surface area (Å²) in [6, 6.07) is 12.0. The molecule has 2 rings (SSSR count). The molecule has 0 spiro atoms. The molecule has 0 saturated carbocycles. The topological polar surface area (TPSA) is 29.5 Å². The van der Waals surface area contributed by atoms with Crippen LogP contribution in [-0.4, -0.2) is 29.9 Å². The largest absolute Gasteiger partial charge is 0.496 e. The molecule has 0 radical (unpaired) electrons. The molecule has 118 valence electrons. The minimum Gasteiger partial charge on any atom is -0.496 e. The molecule has 0 saturated heterocycles. The van der Waals surface area contributed by atoms with E-state index in [0.29, 0.717) is 19.5 Å². The number of amides is 1. The van der Waals surface area contributed by atoms with E-state index < -0.39 is 0 Å². The number of methoxy groups -OCH3 is 1. The fraction of sp³-hybridized carbons (Fsp3) is 0.353. The SMILES string of the molecule is COc1ccccc1CN(Cc1cccs1)C(=O)CCSC. The van der Waals surface area contributed by atoms with Crippen molar-refractivity contribution < 1.29 is 9.53 Å². The summed E-state index contributed by atoms with van der Waals surface area (Å²) in [5.74, 6) is 1.87. The average molecular weight is 335 g/mol. The monoisotopic (exact) mass is 335 g/mol. The van der Waals surface area contributed by atoms with E-state index >= 15 is 0 Å². The third-order valence-electron chi connectivity index (χ3n) is 3.35. The highest BCUT2D eigenvalue weighted by Crippen LogP contribution is 2.22. The third kappa shape index (κ3) is 4.78. The number of thiophene rings is 1. The van der Waals surface area contributed by atoms with Gasteiger partial charge in [-0.15, -0.1) is 11.3 Å². The minimum atomic E-state index is 0.189. The van der Waals surface area contributed by atoms with Crippen LogP contribution >= 0.6 is 23.1 Å². The Morgan fingerprint density at radius 1 is 1.23 bits per heavy atom. The summed E-state index contributed by atoms with van der Waals surface area (Å²) in [5, 5.41) is 2.04. The van der Waals surface area contributed by atoms with E-state index in [2.05, 4.69) is 6.07 Å². The molecule has 0 aliphatic carbocycles. The number of thioether (sulfide) groups is 1. The highest BCUT2D eigenvalue weighted by atomic mass is 32.2. The summed E-state index contributed by atoms with van der Waals surface area (Å²) in [4.78, 5) is 15.6. The van der Waals surface area contributed by atoms with Gasteiger partial charge in [-0.05, 0) is 23.8 Å². The molecule has 0 N–H and O–H groups in total. The highest BCUT2D eigenvalue weighted by Gasteiger charge is 2.16. The Kier molecular flexibility index (Phi) is 6.80. The fourth-order valence-electron chi connectivity index (χ4n) is 2.21. The summed E-state index contributed by atoms with van der Waals surface area (Å²) in [6.07, 6.45) is 2.60. The number of hydrogen-bond acceptors (Lipinski definition) is 4. The van der Waals surface area contributed by atoms with E-state index in [4.69, 9.17) is 4.74 Å². The standard InChI is InChI=1S/C17H21NO2S2/c1-20-16-8-4-3-6-14(16)12-18(17(19)9-11-21-2)13-15-7-5-10-22-15/h3-8,10H,9,11-13H2,1-2H3. The molecular weight excluding hydrogens is 314 g/mol. The van der Waals surface area contributed by atoms with Gasteiger partial charge in [-0.1, -0.05) is 24.3 Å². The molecule has 0 aliphatic rings. The van der Waals surface area contributed by atoms with Gasteiger partial charge >= 0.3 is 0 Å². The molecule has 0 atom stereocenters. The predicted molar refractivity (Wildman–Crippen MR) is 94.6 cm³/mol. The average Bonchev–Trinajstić information content (AvgIpc) is 3.05. The van der Waals surface area contributed by atoms with Crippen LogP contribution in [0.4, 0.5) is 0 Å². The molecule has 0 fully saturated rings. The number of benzene rings is 1. The first-order chi connectivity index (χ1) is 10.7. The Labute approximate surface area is 140 Å². The van der Waals surface area contributed by atoms with Crippen molar-refractivity contribution in [2.24, 2.45) is 0 Å². The summed E-state index contributed by atoms with van der Waals surface area (Å²) in [7, 11) is 1.66. The van der Waals surface area contributed by atoms with Gasteiger partial charge < -0.3 is 9.64 Å². The number of carbonyl (C=O) groups excluding carboxylic acids is 1. The van der Waals surface area contributed by atoms with Gasteiger partial charge in [-0.3, -0.25) is 4.79 Å². The van der Waals surface area contributed by atoms with E-state index in [9.17, 15) is 4.79 Å². The zero-order valence-electron chi connectivity index (χ0n) is 13.0. The van der Waals surface area contributed by atoms with Crippen LogP contribution < -0.4 is 4.74 Å². The van der Waals surface area contributed by atoms with Crippen LogP contribution in [0, 0.1) is 0 Å². The predicted octanol–water partition coefficient (Wildman–Crippen LogP) is 4.04. The van der Waals surface area contributed by atoms with Gasteiger partial charge in [-0.2, -0.15) is 11.8 Å². The molecule has 2 aromatic rings. The van der Waals surface area contributed by atoms with Gasteiger partial charge in [0.1, 0.15) is 5.75 Å². The van der Waals surface area contributed by atoms with Crippen molar-refractivity contribution in [2.75, 3.05) is 19.1 Å². The summed E-state index contributed by atoms with van der Waals surface area (Å²) in [5.41, 5.74) is 1.04. The van der Waals surface area contributed by atoms with Crippen molar-refractivity contribution >= 4 is 29.0 Å². The van der Waals surface area contributed by atoms with Crippen LogP contribution in [-0.2, 0) is 17.9 Å². The second kappa shape index (κ2) is 8.86. The van der Waals surface area contributed by atoms with E-state index in [1.54, 1.807) is 30.2 Å². The van der Waals surface area contributed by atoms with Gasteiger partial charge in [0.25, 0.3) is 0 Å². The molecule has 1 amide bonds. The van der Waals surface area contributed by atoms with Crippen molar-refractivity contribution in [3.63, 3.8) is 0 Å². The van der Waals surface area contributed by atoms with Crippen molar-refractivity contribution in [1.82, 2.24) is 4.90 Å². The van der Waals surface area contributed by atoms with Crippen LogP contribution in [0.3, 0.4) is 0 Å². The van der Waals surface area contributed by atoms with E-state index in [1.165, 1.54) is 4.88 Å². The van der Waals surface area contributed by atoms with Crippen molar-refractivity contribution in [1.29, 1.82) is 0 Å². The molecule has 1 aromatic heterocycles. The second-order valence-corrected chi connectivity index (χ2v) is 6.90. The smallest absolute Gasteiger partial charge is 0.224 e. The maximum absolute atomic E-state index is 12.5. The number of para-hydroxylation sites is 1. The summed E-state index contributed by atoms with van der Waals surface area (Å²) in [6.45, 7) is 1.23. The van der Waals surface area contributed by atoms with E-state index in [0.717, 1.165) is 17.1 Å². The van der Waals surface area contributed by atoms with E-state index in [-0.39, 0.29) is 5.91 Å². The molecule has 1 heterocycles. The highest BCUT2D eigenvalue weighted by molar-refractivity contribution is 7.98. The fourth-order valence-corrected chi connectivity index (χ4v) is 3.31. The third-order valence-corrected chi connectivity index (χ3v) is 4.83. The molecule has 22 heavy (non-hydrogen) atoms. The Morgan fingerprint density at radius 2 is 2.05 bits per heavy atom. The molecule has 5 heteroatoms. The maximum Gasteiger partial charge on any atom is 0.224 e. The van der Waals surface area contributed by atoms with Gasteiger partial charge in [0.05, 0.1) is 13.7 Å². The first-order valence-corrected chi connectivity index (χ1v) is 9.43. The second-order valence-electron chi connectivity index (χ2n) is 4.88. The number of rotatable bonds is 8. The first-order valence-electron chi connectivity index (χ1n) is 7.15. The lowest BCUT2D eigenvalue weighted by Gasteiger charge is -2.23. The zero-order valence-corrected chi connectivity index (χ0v) is 14.6. The first kappa shape index (κ1) is 16.9. The Morgan fingerprint density at radius 3 is 2.73 bits per heavy atom. The summed E-state index contributed by atoms with van der Waals surface area (Å²) < 4.78 is 5.40.